The first-order valence-corrected chi connectivity index (χ1v) is 5.44. The standard InChI is InChI=1S/C13H14N2/c14-8-10-7-11(10)13-6-5-9-3-1-2-4-12(9)15-13/h1-6,10-11H,7-8,14H2. The van der Waals surface area contributed by atoms with E-state index in [4.69, 9.17) is 5.73 Å². The largest absolute Gasteiger partial charge is 0.330 e. The third kappa shape index (κ3) is 1.51. The summed E-state index contributed by atoms with van der Waals surface area (Å²) in [6, 6.07) is 12.5. The van der Waals surface area contributed by atoms with E-state index in [9.17, 15) is 0 Å². The van der Waals surface area contributed by atoms with Gasteiger partial charge in [-0.15, -0.1) is 0 Å². The van der Waals surface area contributed by atoms with E-state index in [1.807, 2.05) is 12.1 Å². The number of nitrogens with two attached hydrogens (primary N) is 1. The fourth-order valence-corrected chi connectivity index (χ4v) is 2.16. The molecule has 0 amide bonds. The van der Waals surface area contributed by atoms with E-state index < -0.39 is 0 Å². The summed E-state index contributed by atoms with van der Waals surface area (Å²) in [5.74, 6) is 1.28. The second kappa shape index (κ2) is 3.31. The van der Waals surface area contributed by atoms with Crippen LogP contribution in [0.2, 0.25) is 0 Å². The Kier molecular flexibility index (Phi) is 1.96. The number of rotatable bonds is 2. The van der Waals surface area contributed by atoms with Gasteiger partial charge in [0.25, 0.3) is 0 Å². The van der Waals surface area contributed by atoms with E-state index in [-0.39, 0.29) is 0 Å². The number of benzene rings is 1. The average molecular weight is 198 g/mol. The van der Waals surface area contributed by atoms with Gasteiger partial charge >= 0.3 is 0 Å². The van der Waals surface area contributed by atoms with E-state index in [1.54, 1.807) is 0 Å². The maximum absolute atomic E-state index is 5.65. The van der Waals surface area contributed by atoms with Gasteiger partial charge in [0.05, 0.1) is 5.52 Å². The van der Waals surface area contributed by atoms with Crippen molar-refractivity contribution in [2.45, 2.75) is 12.3 Å². The molecular weight excluding hydrogens is 184 g/mol. The van der Waals surface area contributed by atoms with Crippen LogP contribution in [0.15, 0.2) is 36.4 Å². The summed E-state index contributed by atoms with van der Waals surface area (Å²) in [5, 5.41) is 1.21. The second-order valence-corrected chi connectivity index (χ2v) is 4.27. The molecule has 2 N–H and O–H groups in total. The van der Waals surface area contributed by atoms with Crippen LogP contribution in [0.4, 0.5) is 0 Å². The molecule has 1 heterocycles. The van der Waals surface area contributed by atoms with Crippen LogP contribution in [-0.4, -0.2) is 11.5 Å². The number of hydrogen-bond acceptors (Lipinski definition) is 2. The zero-order valence-corrected chi connectivity index (χ0v) is 8.56. The van der Waals surface area contributed by atoms with Crippen molar-refractivity contribution in [2.24, 2.45) is 11.7 Å². The summed E-state index contributed by atoms with van der Waals surface area (Å²) in [5.41, 5.74) is 7.95. The SMILES string of the molecule is NCC1CC1c1ccc2ccccc2n1. The molecule has 1 aliphatic carbocycles. The van der Waals surface area contributed by atoms with Crippen LogP contribution in [0.5, 0.6) is 0 Å². The Hall–Kier alpha value is -1.41. The monoisotopic (exact) mass is 198 g/mol. The van der Waals surface area contributed by atoms with Gasteiger partial charge in [0, 0.05) is 17.0 Å². The molecule has 1 fully saturated rings. The van der Waals surface area contributed by atoms with Crippen LogP contribution in [0.25, 0.3) is 10.9 Å². The molecule has 2 atom stereocenters. The van der Waals surface area contributed by atoms with Crippen molar-refractivity contribution in [3.63, 3.8) is 0 Å². The first-order chi connectivity index (χ1) is 7.38. The summed E-state index contributed by atoms with van der Waals surface area (Å²) in [6.07, 6.45) is 1.21. The minimum Gasteiger partial charge on any atom is -0.330 e. The van der Waals surface area contributed by atoms with Crippen molar-refractivity contribution < 1.29 is 0 Å². The molecule has 1 aromatic carbocycles. The summed E-state index contributed by atoms with van der Waals surface area (Å²) in [7, 11) is 0. The highest BCUT2D eigenvalue weighted by Gasteiger charge is 2.37. The Morgan fingerprint density at radius 1 is 1.20 bits per heavy atom. The Morgan fingerprint density at radius 2 is 2.07 bits per heavy atom. The predicted octanol–water partition coefficient (Wildman–Crippen LogP) is 2.30. The maximum atomic E-state index is 5.65. The zero-order chi connectivity index (χ0) is 10.3. The normalized spacial score (nSPS) is 24.3. The Balaban J connectivity index is 2.00. The number of pyridine rings is 1. The second-order valence-electron chi connectivity index (χ2n) is 4.27. The quantitative estimate of drug-likeness (QED) is 0.804. The molecule has 0 spiro atoms. The van der Waals surface area contributed by atoms with Crippen molar-refractivity contribution in [3.8, 4) is 0 Å². The number of aromatic nitrogens is 1. The molecule has 0 bridgehead atoms. The maximum Gasteiger partial charge on any atom is 0.0705 e. The fraction of sp³-hybridized carbons (Fsp3) is 0.308. The molecule has 0 radical (unpaired) electrons. The van der Waals surface area contributed by atoms with Crippen LogP contribution in [-0.2, 0) is 0 Å². The highest BCUT2D eigenvalue weighted by Crippen LogP contribution is 2.45. The Bertz CT molecular complexity index is 493. The van der Waals surface area contributed by atoms with Gasteiger partial charge in [-0.3, -0.25) is 4.98 Å². The van der Waals surface area contributed by atoms with Crippen LogP contribution >= 0.6 is 0 Å². The van der Waals surface area contributed by atoms with Gasteiger partial charge < -0.3 is 5.73 Å². The Morgan fingerprint density at radius 3 is 2.87 bits per heavy atom. The highest BCUT2D eigenvalue weighted by atomic mass is 14.7. The summed E-state index contributed by atoms with van der Waals surface area (Å²) >= 11 is 0. The lowest BCUT2D eigenvalue weighted by Crippen LogP contribution is -2.02. The average Bonchev–Trinajstić information content (AvgIpc) is 3.08. The topological polar surface area (TPSA) is 38.9 Å². The van der Waals surface area contributed by atoms with Gasteiger partial charge in [0.1, 0.15) is 0 Å². The van der Waals surface area contributed by atoms with Gasteiger partial charge in [0.2, 0.25) is 0 Å². The minimum atomic E-state index is 0.611. The van der Waals surface area contributed by atoms with E-state index in [1.165, 1.54) is 17.5 Å². The smallest absolute Gasteiger partial charge is 0.0705 e. The zero-order valence-electron chi connectivity index (χ0n) is 8.56. The molecule has 2 aromatic rings. The molecular formula is C13H14N2. The molecule has 2 nitrogen and oxygen atoms in total. The summed E-state index contributed by atoms with van der Waals surface area (Å²) in [4.78, 5) is 4.68. The van der Waals surface area contributed by atoms with Crippen molar-refractivity contribution >= 4 is 10.9 Å². The first kappa shape index (κ1) is 8.86. The number of para-hydroxylation sites is 1. The van der Waals surface area contributed by atoms with Crippen LogP contribution < -0.4 is 5.73 Å². The number of nitrogens with zero attached hydrogens (tertiary/aromatic N) is 1. The Labute approximate surface area is 89.1 Å². The van der Waals surface area contributed by atoms with Crippen LogP contribution in [0.1, 0.15) is 18.0 Å². The molecule has 0 saturated heterocycles. The molecule has 1 aromatic heterocycles. The van der Waals surface area contributed by atoms with E-state index >= 15 is 0 Å². The van der Waals surface area contributed by atoms with Gasteiger partial charge in [-0.05, 0) is 31.0 Å². The van der Waals surface area contributed by atoms with Gasteiger partial charge in [0.15, 0.2) is 0 Å². The molecule has 15 heavy (non-hydrogen) atoms. The van der Waals surface area contributed by atoms with Gasteiger partial charge in [-0.1, -0.05) is 24.3 Å². The van der Waals surface area contributed by atoms with Gasteiger partial charge in [-0.25, -0.2) is 0 Å². The van der Waals surface area contributed by atoms with Crippen LogP contribution in [0.3, 0.4) is 0 Å². The molecule has 76 valence electrons. The lowest BCUT2D eigenvalue weighted by atomic mass is 10.1. The molecule has 2 heteroatoms. The van der Waals surface area contributed by atoms with Crippen molar-refractivity contribution in [1.29, 1.82) is 0 Å². The van der Waals surface area contributed by atoms with Crippen molar-refractivity contribution in [2.75, 3.05) is 6.54 Å². The third-order valence-corrected chi connectivity index (χ3v) is 3.23. The van der Waals surface area contributed by atoms with Crippen molar-refractivity contribution in [3.05, 3.63) is 42.1 Å². The first-order valence-electron chi connectivity index (χ1n) is 5.44. The molecule has 3 rings (SSSR count). The number of fused-ring (bicyclic) bond motifs is 1. The predicted molar refractivity (Wildman–Crippen MR) is 61.6 cm³/mol. The molecule has 0 aliphatic heterocycles. The third-order valence-electron chi connectivity index (χ3n) is 3.23. The van der Waals surface area contributed by atoms with E-state index in [2.05, 4.69) is 29.2 Å². The summed E-state index contributed by atoms with van der Waals surface area (Å²) in [6.45, 7) is 0.791. The van der Waals surface area contributed by atoms with Crippen molar-refractivity contribution in [1.82, 2.24) is 4.98 Å². The fourth-order valence-electron chi connectivity index (χ4n) is 2.16. The molecule has 2 unspecified atom stereocenters. The van der Waals surface area contributed by atoms with Gasteiger partial charge in [-0.2, -0.15) is 0 Å². The highest BCUT2D eigenvalue weighted by molar-refractivity contribution is 5.78. The summed E-state index contributed by atoms with van der Waals surface area (Å²) < 4.78 is 0. The minimum absolute atomic E-state index is 0.611. The van der Waals surface area contributed by atoms with E-state index in [0.717, 1.165) is 12.1 Å². The van der Waals surface area contributed by atoms with E-state index in [0.29, 0.717) is 11.8 Å². The molecule has 1 saturated carbocycles. The van der Waals surface area contributed by atoms with Crippen LogP contribution in [0, 0.1) is 5.92 Å². The molecule has 1 aliphatic rings. The number of hydrogen-bond donors (Lipinski definition) is 1. The lowest BCUT2D eigenvalue weighted by molar-refractivity contribution is 0.799. The lowest BCUT2D eigenvalue weighted by Gasteiger charge is -2.01.